The first-order valence-corrected chi connectivity index (χ1v) is 6.66. The van der Waals surface area contributed by atoms with Crippen molar-refractivity contribution in [3.63, 3.8) is 0 Å². The van der Waals surface area contributed by atoms with Gasteiger partial charge in [0.2, 0.25) is 0 Å². The van der Waals surface area contributed by atoms with Crippen LogP contribution in [-0.4, -0.2) is 22.7 Å². The summed E-state index contributed by atoms with van der Waals surface area (Å²) in [6.45, 7) is 2.06. The lowest BCUT2D eigenvalue weighted by molar-refractivity contribution is 0.296. The molecule has 0 fully saturated rings. The lowest BCUT2D eigenvalue weighted by Gasteiger charge is -2.10. The molecular weight excluding hydrogens is 294 g/mol. The molecule has 2 N–H and O–H groups in total. The van der Waals surface area contributed by atoms with Crippen LogP contribution in [0.3, 0.4) is 0 Å². The number of nitrogens with zero attached hydrogens (tertiary/aromatic N) is 2. The van der Waals surface area contributed by atoms with Crippen molar-refractivity contribution in [1.82, 2.24) is 9.55 Å². The van der Waals surface area contributed by atoms with Crippen LogP contribution in [0.25, 0.3) is 0 Å². The van der Waals surface area contributed by atoms with E-state index in [1.54, 1.807) is 12.5 Å². The third-order valence-electron chi connectivity index (χ3n) is 2.60. The van der Waals surface area contributed by atoms with Crippen LogP contribution in [0.5, 0.6) is 5.75 Å². The van der Waals surface area contributed by atoms with Gasteiger partial charge in [0.25, 0.3) is 0 Å². The van der Waals surface area contributed by atoms with Crippen molar-refractivity contribution in [2.24, 2.45) is 5.73 Å². The Bertz CT molecular complexity index is 485. The zero-order valence-corrected chi connectivity index (χ0v) is 11.6. The minimum Gasteiger partial charge on any atom is -0.491 e. The molecule has 0 saturated heterocycles. The van der Waals surface area contributed by atoms with Crippen molar-refractivity contribution < 1.29 is 4.74 Å². The van der Waals surface area contributed by atoms with Gasteiger partial charge in [0.05, 0.1) is 17.3 Å². The zero-order chi connectivity index (χ0) is 12.8. The normalized spacial score (nSPS) is 10.6. The second kappa shape index (κ2) is 6.56. The molecule has 4 nitrogen and oxygen atoms in total. The van der Waals surface area contributed by atoms with Gasteiger partial charge >= 0.3 is 0 Å². The van der Waals surface area contributed by atoms with Crippen LogP contribution < -0.4 is 10.5 Å². The van der Waals surface area contributed by atoms with Gasteiger partial charge in [-0.1, -0.05) is 6.07 Å². The number of nitrogens with two attached hydrogens (primary N) is 1. The highest BCUT2D eigenvalue weighted by molar-refractivity contribution is 9.10. The molecule has 0 aliphatic rings. The number of rotatable bonds is 6. The molecule has 1 aromatic carbocycles. The SMILES string of the molecule is NCCc1ccc(OCCn2ccnc2)c(Br)c1. The maximum Gasteiger partial charge on any atom is 0.133 e. The van der Waals surface area contributed by atoms with Gasteiger partial charge in [0.15, 0.2) is 0 Å². The fourth-order valence-electron chi connectivity index (χ4n) is 1.66. The summed E-state index contributed by atoms with van der Waals surface area (Å²) < 4.78 is 8.67. The quantitative estimate of drug-likeness (QED) is 0.890. The molecule has 1 heterocycles. The average molecular weight is 310 g/mol. The Morgan fingerprint density at radius 1 is 1.39 bits per heavy atom. The molecule has 0 bridgehead atoms. The highest BCUT2D eigenvalue weighted by Crippen LogP contribution is 2.26. The molecule has 0 radical (unpaired) electrons. The summed E-state index contributed by atoms with van der Waals surface area (Å²) in [5.41, 5.74) is 6.74. The molecule has 0 spiro atoms. The second-order valence-corrected chi connectivity index (χ2v) is 4.81. The maximum absolute atomic E-state index is 5.72. The van der Waals surface area contributed by atoms with Gasteiger partial charge in [-0.15, -0.1) is 0 Å². The van der Waals surface area contributed by atoms with E-state index >= 15 is 0 Å². The van der Waals surface area contributed by atoms with E-state index in [1.807, 2.05) is 22.9 Å². The monoisotopic (exact) mass is 309 g/mol. The number of aromatic nitrogens is 2. The summed E-state index contributed by atoms with van der Waals surface area (Å²) >= 11 is 3.51. The van der Waals surface area contributed by atoms with Crippen LogP contribution in [0.4, 0.5) is 0 Å². The summed E-state index contributed by atoms with van der Waals surface area (Å²) in [6, 6.07) is 6.08. The lowest BCUT2D eigenvalue weighted by Crippen LogP contribution is -2.07. The van der Waals surface area contributed by atoms with E-state index in [0.29, 0.717) is 13.2 Å². The Morgan fingerprint density at radius 3 is 2.94 bits per heavy atom. The van der Waals surface area contributed by atoms with Crippen molar-refractivity contribution in [3.05, 3.63) is 47.0 Å². The molecule has 0 aliphatic carbocycles. The summed E-state index contributed by atoms with van der Waals surface area (Å²) in [7, 11) is 0. The van der Waals surface area contributed by atoms with Crippen molar-refractivity contribution in [2.75, 3.05) is 13.2 Å². The number of halogens is 1. The van der Waals surface area contributed by atoms with E-state index in [1.165, 1.54) is 5.56 Å². The molecule has 96 valence electrons. The van der Waals surface area contributed by atoms with E-state index in [2.05, 4.69) is 27.0 Å². The fourth-order valence-corrected chi connectivity index (χ4v) is 2.20. The number of hydrogen-bond donors (Lipinski definition) is 1. The topological polar surface area (TPSA) is 53.1 Å². The molecule has 0 amide bonds. The van der Waals surface area contributed by atoms with Gasteiger partial charge < -0.3 is 15.0 Å². The predicted octanol–water partition coefficient (Wildman–Crippen LogP) is 2.23. The Morgan fingerprint density at radius 2 is 2.28 bits per heavy atom. The third-order valence-corrected chi connectivity index (χ3v) is 3.22. The predicted molar refractivity (Wildman–Crippen MR) is 74.6 cm³/mol. The Kier molecular flexibility index (Phi) is 4.78. The molecule has 18 heavy (non-hydrogen) atoms. The summed E-state index contributed by atoms with van der Waals surface area (Å²) in [5.74, 6) is 0.857. The van der Waals surface area contributed by atoms with Crippen molar-refractivity contribution >= 4 is 15.9 Å². The van der Waals surface area contributed by atoms with Gasteiger partial charge in [-0.3, -0.25) is 0 Å². The average Bonchev–Trinajstić information content (AvgIpc) is 2.85. The van der Waals surface area contributed by atoms with E-state index in [4.69, 9.17) is 10.5 Å². The van der Waals surface area contributed by atoms with E-state index in [-0.39, 0.29) is 0 Å². The first-order valence-electron chi connectivity index (χ1n) is 5.86. The van der Waals surface area contributed by atoms with Gasteiger partial charge in [-0.2, -0.15) is 0 Å². The summed E-state index contributed by atoms with van der Waals surface area (Å²) in [6.07, 6.45) is 6.34. The molecule has 0 saturated carbocycles. The smallest absolute Gasteiger partial charge is 0.133 e. The Hall–Kier alpha value is -1.33. The van der Waals surface area contributed by atoms with Crippen LogP contribution in [0.2, 0.25) is 0 Å². The molecule has 2 aromatic rings. The van der Waals surface area contributed by atoms with Crippen molar-refractivity contribution in [1.29, 1.82) is 0 Å². The molecule has 0 atom stereocenters. The minimum atomic E-state index is 0.616. The third kappa shape index (κ3) is 3.58. The lowest BCUT2D eigenvalue weighted by atomic mass is 10.1. The molecule has 0 aliphatic heterocycles. The number of ether oxygens (including phenoxy) is 1. The molecular formula is C13H16BrN3O. The first kappa shape index (κ1) is 13.1. The van der Waals surface area contributed by atoms with Gasteiger partial charge in [0, 0.05) is 12.4 Å². The van der Waals surface area contributed by atoms with Gasteiger partial charge in [-0.05, 0) is 46.6 Å². The first-order chi connectivity index (χ1) is 8.79. The van der Waals surface area contributed by atoms with Gasteiger partial charge in [-0.25, -0.2) is 4.98 Å². The highest BCUT2D eigenvalue weighted by atomic mass is 79.9. The van der Waals surface area contributed by atoms with E-state index in [9.17, 15) is 0 Å². The van der Waals surface area contributed by atoms with Crippen molar-refractivity contribution in [3.8, 4) is 5.75 Å². The molecule has 2 rings (SSSR count). The summed E-state index contributed by atoms with van der Waals surface area (Å²) in [4.78, 5) is 3.98. The van der Waals surface area contributed by atoms with Gasteiger partial charge in [0.1, 0.15) is 12.4 Å². The van der Waals surface area contributed by atoms with Crippen LogP contribution in [0.1, 0.15) is 5.56 Å². The van der Waals surface area contributed by atoms with E-state index in [0.717, 1.165) is 23.2 Å². The van der Waals surface area contributed by atoms with Crippen LogP contribution in [-0.2, 0) is 13.0 Å². The molecule has 1 aromatic heterocycles. The number of benzene rings is 1. The fraction of sp³-hybridized carbons (Fsp3) is 0.308. The van der Waals surface area contributed by atoms with Crippen LogP contribution in [0, 0.1) is 0 Å². The van der Waals surface area contributed by atoms with Crippen LogP contribution in [0.15, 0.2) is 41.4 Å². The number of hydrogen-bond acceptors (Lipinski definition) is 3. The number of imidazole rings is 1. The van der Waals surface area contributed by atoms with Crippen LogP contribution >= 0.6 is 15.9 Å². The van der Waals surface area contributed by atoms with Crippen molar-refractivity contribution in [2.45, 2.75) is 13.0 Å². The molecule has 5 heteroatoms. The standard InChI is InChI=1S/C13H16BrN3O/c14-12-9-11(3-4-15)1-2-13(12)18-8-7-17-6-5-16-10-17/h1-2,5-6,9-10H,3-4,7-8,15H2. The zero-order valence-electron chi connectivity index (χ0n) is 10.1. The Labute approximate surface area is 115 Å². The second-order valence-electron chi connectivity index (χ2n) is 3.95. The summed E-state index contributed by atoms with van der Waals surface area (Å²) in [5, 5.41) is 0. The molecule has 0 unspecified atom stereocenters. The minimum absolute atomic E-state index is 0.616. The highest BCUT2D eigenvalue weighted by Gasteiger charge is 2.02. The Balaban J connectivity index is 1.89. The van der Waals surface area contributed by atoms with E-state index < -0.39 is 0 Å². The largest absolute Gasteiger partial charge is 0.491 e. The maximum atomic E-state index is 5.72.